The minimum atomic E-state index is -3.31. The summed E-state index contributed by atoms with van der Waals surface area (Å²) in [6, 6.07) is 14.8. The van der Waals surface area contributed by atoms with Gasteiger partial charge >= 0.3 is 0 Å². The Kier molecular flexibility index (Phi) is 7.38. The third-order valence-corrected chi connectivity index (χ3v) is 5.77. The maximum absolute atomic E-state index is 12.4. The monoisotopic (exact) mass is 402 g/mol. The minimum Gasteiger partial charge on any atom is -0.325 e. The predicted octanol–water partition coefficient (Wildman–Crippen LogP) is 4.14. The van der Waals surface area contributed by atoms with Gasteiger partial charge in [0.2, 0.25) is 5.91 Å². The first-order chi connectivity index (χ1) is 13.1. The molecule has 6 heteroatoms. The second kappa shape index (κ2) is 9.34. The van der Waals surface area contributed by atoms with Crippen LogP contribution in [0.4, 0.5) is 5.69 Å². The van der Waals surface area contributed by atoms with Gasteiger partial charge in [-0.1, -0.05) is 58.0 Å². The molecule has 0 aliphatic rings. The number of carbonyl (C=O) groups is 1. The molecule has 0 aliphatic carbocycles. The van der Waals surface area contributed by atoms with E-state index in [4.69, 9.17) is 0 Å². The van der Waals surface area contributed by atoms with Gasteiger partial charge in [-0.05, 0) is 41.2 Å². The van der Waals surface area contributed by atoms with Gasteiger partial charge in [0.1, 0.15) is 0 Å². The largest absolute Gasteiger partial charge is 0.325 e. The molecule has 0 fully saturated rings. The van der Waals surface area contributed by atoms with E-state index in [0.29, 0.717) is 17.5 Å². The van der Waals surface area contributed by atoms with Gasteiger partial charge in [0.15, 0.2) is 9.84 Å². The molecule has 2 N–H and O–H groups in total. The van der Waals surface area contributed by atoms with Crippen LogP contribution in [0.15, 0.2) is 53.4 Å². The van der Waals surface area contributed by atoms with Gasteiger partial charge in [0.25, 0.3) is 0 Å². The molecule has 152 valence electrons. The summed E-state index contributed by atoms with van der Waals surface area (Å²) in [6.07, 6.45) is 1.15. The Balaban J connectivity index is 2.03. The lowest BCUT2D eigenvalue weighted by Gasteiger charge is -2.23. The quantitative estimate of drug-likeness (QED) is 0.696. The van der Waals surface area contributed by atoms with Crippen LogP contribution in [-0.4, -0.2) is 27.1 Å². The Morgan fingerprint density at radius 3 is 2.11 bits per heavy atom. The Hall–Kier alpha value is -2.18. The van der Waals surface area contributed by atoms with E-state index in [1.54, 1.807) is 12.1 Å². The van der Waals surface area contributed by atoms with E-state index in [1.165, 1.54) is 17.7 Å². The van der Waals surface area contributed by atoms with E-state index >= 15 is 0 Å². The van der Waals surface area contributed by atoms with E-state index in [1.807, 2.05) is 0 Å². The normalized spacial score (nSPS) is 13.0. The highest BCUT2D eigenvalue weighted by atomic mass is 32.2. The average Bonchev–Trinajstić information content (AvgIpc) is 2.61. The number of sulfone groups is 1. The molecule has 0 aliphatic heterocycles. The summed E-state index contributed by atoms with van der Waals surface area (Å²) in [7, 11) is -3.31. The molecular formula is C22H30N2O3S. The van der Waals surface area contributed by atoms with Crippen molar-refractivity contribution >= 4 is 21.4 Å². The fourth-order valence-corrected chi connectivity index (χ4v) is 3.71. The minimum absolute atomic E-state index is 0.0503. The Bertz CT molecular complexity index is 904. The number of hydrogen-bond donors (Lipinski definition) is 2. The molecule has 0 heterocycles. The molecule has 1 amide bonds. The van der Waals surface area contributed by atoms with Crippen molar-refractivity contribution in [1.82, 2.24) is 5.32 Å². The lowest BCUT2D eigenvalue weighted by molar-refractivity contribution is -0.115. The van der Waals surface area contributed by atoms with Crippen molar-refractivity contribution in [3.63, 3.8) is 0 Å². The number of anilines is 1. The second-order valence-corrected chi connectivity index (χ2v) is 9.79. The highest BCUT2D eigenvalue weighted by Crippen LogP contribution is 2.24. The van der Waals surface area contributed by atoms with Crippen molar-refractivity contribution in [2.24, 2.45) is 5.92 Å². The van der Waals surface area contributed by atoms with Crippen LogP contribution in [0.5, 0.6) is 0 Å². The summed E-state index contributed by atoms with van der Waals surface area (Å²) in [5, 5.41) is 6.08. The molecule has 0 saturated carbocycles. The smallest absolute Gasteiger partial charge is 0.238 e. The van der Waals surface area contributed by atoms with Gasteiger partial charge in [-0.15, -0.1) is 0 Å². The van der Waals surface area contributed by atoms with Gasteiger partial charge in [0, 0.05) is 18.0 Å². The van der Waals surface area contributed by atoms with Crippen molar-refractivity contribution < 1.29 is 13.2 Å². The summed E-state index contributed by atoms with van der Waals surface area (Å²) in [5.74, 6) is 0.578. The maximum Gasteiger partial charge on any atom is 0.238 e. The molecule has 0 unspecified atom stereocenters. The standard InChI is InChI=1S/C22H30N2O3S/c1-15(2)17-9-11-18(12-10-17)22(16(3)4)23-14-21(25)24-19-7-6-8-20(13-19)28(5,26)27/h6-13,15-16,22-23H,14H2,1-5H3,(H,24,25)/t22-/m0/s1. The van der Waals surface area contributed by atoms with Crippen LogP contribution in [0.3, 0.4) is 0 Å². The summed E-state index contributed by atoms with van der Waals surface area (Å²) in [6.45, 7) is 8.69. The lowest BCUT2D eigenvalue weighted by atomic mass is 9.93. The van der Waals surface area contributed by atoms with E-state index in [2.05, 4.69) is 62.6 Å². The Labute approximate surface area is 168 Å². The molecule has 0 spiro atoms. The first kappa shape index (κ1) is 22.1. The van der Waals surface area contributed by atoms with Crippen molar-refractivity contribution in [2.45, 2.75) is 44.6 Å². The number of rotatable bonds is 8. The lowest BCUT2D eigenvalue weighted by Crippen LogP contribution is -2.33. The van der Waals surface area contributed by atoms with Gasteiger partial charge in [-0.25, -0.2) is 8.42 Å². The zero-order valence-electron chi connectivity index (χ0n) is 17.2. The molecule has 0 saturated heterocycles. The van der Waals surface area contributed by atoms with E-state index in [0.717, 1.165) is 11.8 Å². The highest BCUT2D eigenvalue weighted by Gasteiger charge is 2.17. The van der Waals surface area contributed by atoms with Crippen LogP contribution in [0.2, 0.25) is 0 Å². The molecule has 2 rings (SSSR count). The fourth-order valence-electron chi connectivity index (χ4n) is 3.04. The fraction of sp³-hybridized carbons (Fsp3) is 0.409. The molecule has 1 atom stereocenters. The van der Waals surface area contributed by atoms with E-state index < -0.39 is 9.84 Å². The second-order valence-electron chi connectivity index (χ2n) is 7.77. The first-order valence-electron chi connectivity index (χ1n) is 9.51. The topological polar surface area (TPSA) is 75.3 Å². The van der Waals surface area contributed by atoms with Crippen molar-refractivity contribution in [3.8, 4) is 0 Å². The highest BCUT2D eigenvalue weighted by molar-refractivity contribution is 7.90. The number of hydrogen-bond acceptors (Lipinski definition) is 4. The molecule has 0 aromatic heterocycles. The number of nitrogens with one attached hydrogen (secondary N) is 2. The summed E-state index contributed by atoms with van der Waals surface area (Å²) >= 11 is 0. The maximum atomic E-state index is 12.4. The Morgan fingerprint density at radius 1 is 0.964 bits per heavy atom. The van der Waals surface area contributed by atoms with Crippen LogP contribution in [0.1, 0.15) is 50.8 Å². The van der Waals surface area contributed by atoms with E-state index in [9.17, 15) is 13.2 Å². The van der Waals surface area contributed by atoms with Gasteiger partial charge < -0.3 is 10.6 Å². The Morgan fingerprint density at radius 2 is 1.57 bits per heavy atom. The molecule has 0 bridgehead atoms. The van der Waals surface area contributed by atoms with Crippen LogP contribution < -0.4 is 10.6 Å². The molecule has 0 radical (unpaired) electrons. The van der Waals surface area contributed by atoms with Crippen LogP contribution in [0, 0.1) is 5.92 Å². The van der Waals surface area contributed by atoms with Crippen molar-refractivity contribution in [2.75, 3.05) is 18.1 Å². The summed E-state index contributed by atoms with van der Waals surface area (Å²) in [5.41, 5.74) is 2.90. The van der Waals surface area contributed by atoms with Crippen LogP contribution >= 0.6 is 0 Å². The number of amides is 1. The van der Waals surface area contributed by atoms with Gasteiger partial charge in [0.05, 0.1) is 11.4 Å². The zero-order chi connectivity index (χ0) is 20.9. The van der Waals surface area contributed by atoms with E-state index in [-0.39, 0.29) is 23.4 Å². The third kappa shape index (κ3) is 6.17. The third-order valence-electron chi connectivity index (χ3n) is 4.66. The summed E-state index contributed by atoms with van der Waals surface area (Å²) in [4.78, 5) is 12.5. The predicted molar refractivity (Wildman–Crippen MR) is 114 cm³/mol. The zero-order valence-corrected chi connectivity index (χ0v) is 18.0. The number of benzene rings is 2. The van der Waals surface area contributed by atoms with Crippen LogP contribution in [0.25, 0.3) is 0 Å². The SMILES string of the molecule is CC(C)c1ccc([C@@H](NCC(=O)Nc2cccc(S(C)(=O)=O)c2)C(C)C)cc1. The van der Waals surface area contributed by atoms with Gasteiger partial charge in [-0.3, -0.25) is 4.79 Å². The summed E-state index contributed by atoms with van der Waals surface area (Å²) < 4.78 is 23.3. The number of carbonyl (C=O) groups excluding carboxylic acids is 1. The van der Waals surface area contributed by atoms with Crippen molar-refractivity contribution in [3.05, 3.63) is 59.7 Å². The first-order valence-corrected chi connectivity index (χ1v) is 11.4. The molecule has 2 aromatic rings. The van der Waals surface area contributed by atoms with Gasteiger partial charge in [-0.2, -0.15) is 0 Å². The molecule has 5 nitrogen and oxygen atoms in total. The molecular weight excluding hydrogens is 372 g/mol. The van der Waals surface area contributed by atoms with Crippen molar-refractivity contribution in [1.29, 1.82) is 0 Å². The molecule has 2 aromatic carbocycles. The molecule has 28 heavy (non-hydrogen) atoms. The average molecular weight is 403 g/mol. The van der Waals surface area contributed by atoms with Crippen LogP contribution in [-0.2, 0) is 14.6 Å².